The summed E-state index contributed by atoms with van der Waals surface area (Å²) in [6.07, 6.45) is 0. The van der Waals surface area contributed by atoms with Crippen LogP contribution in [0.4, 0.5) is 5.69 Å². The lowest BCUT2D eigenvalue weighted by Crippen LogP contribution is -2.37. The molecule has 1 aliphatic rings. The van der Waals surface area contributed by atoms with E-state index in [0.29, 0.717) is 13.1 Å². The fourth-order valence-electron chi connectivity index (χ4n) is 3.39. The molecule has 29 heavy (non-hydrogen) atoms. The molecule has 0 unspecified atom stereocenters. The van der Waals surface area contributed by atoms with Crippen LogP contribution in [0.15, 0.2) is 72.8 Å². The molecule has 0 fully saturated rings. The fraction of sp³-hybridized carbons (Fsp3) is 0.208. The number of hydrogen-bond donors (Lipinski definition) is 0. The van der Waals surface area contributed by atoms with Crippen molar-refractivity contribution in [1.82, 2.24) is 4.90 Å². The minimum Gasteiger partial charge on any atom is -0.454 e. The molecule has 0 radical (unpaired) electrons. The molecule has 0 N–H and O–H groups in total. The molecule has 0 bridgehead atoms. The molecule has 3 aromatic rings. The summed E-state index contributed by atoms with van der Waals surface area (Å²) in [6.45, 7) is 1.03. The van der Waals surface area contributed by atoms with E-state index in [1.165, 1.54) is 0 Å². The summed E-state index contributed by atoms with van der Waals surface area (Å²) < 4.78 is 10.9. The Labute approximate surface area is 171 Å². The standard InChI is InChI=1S/C24H24N2O3/c1-25(2)16-24(27)26(15-18-11-12-22-23(13-18)29-17-28-22)21-10-6-9-20(14-21)19-7-4-3-5-8-19/h3-14H,15-17H2,1-2H3. The Morgan fingerprint density at radius 3 is 2.41 bits per heavy atom. The third-order valence-electron chi connectivity index (χ3n) is 4.80. The zero-order chi connectivity index (χ0) is 20.2. The summed E-state index contributed by atoms with van der Waals surface area (Å²) in [4.78, 5) is 16.8. The minimum atomic E-state index is 0.0397. The summed E-state index contributed by atoms with van der Waals surface area (Å²) >= 11 is 0. The average Bonchev–Trinajstić information content (AvgIpc) is 3.20. The van der Waals surface area contributed by atoms with E-state index in [-0.39, 0.29) is 12.7 Å². The summed E-state index contributed by atoms with van der Waals surface area (Å²) in [5.74, 6) is 1.50. The van der Waals surface area contributed by atoms with Crippen LogP contribution in [-0.4, -0.2) is 38.2 Å². The van der Waals surface area contributed by atoms with Crippen molar-refractivity contribution in [2.24, 2.45) is 0 Å². The molecule has 0 atom stereocenters. The number of rotatable bonds is 6. The number of carbonyl (C=O) groups excluding carboxylic acids is 1. The highest BCUT2D eigenvalue weighted by Crippen LogP contribution is 2.33. The quantitative estimate of drug-likeness (QED) is 0.635. The molecular weight excluding hydrogens is 364 g/mol. The molecule has 5 nitrogen and oxygen atoms in total. The number of anilines is 1. The van der Waals surface area contributed by atoms with Crippen molar-refractivity contribution in [1.29, 1.82) is 0 Å². The van der Waals surface area contributed by atoms with Crippen LogP contribution in [0.5, 0.6) is 11.5 Å². The molecule has 0 aromatic heterocycles. The first-order valence-corrected chi connectivity index (χ1v) is 9.59. The first-order valence-electron chi connectivity index (χ1n) is 9.59. The van der Waals surface area contributed by atoms with E-state index in [1.54, 1.807) is 0 Å². The van der Waals surface area contributed by atoms with Crippen LogP contribution in [0.25, 0.3) is 11.1 Å². The van der Waals surface area contributed by atoms with E-state index in [1.807, 2.05) is 72.4 Å². The number of amides is 1. The highest BCUT2D eigenvalue weighted by atomic mass is 16.7. The molecular formula is C24H24N2O3. The second-order valence-corrected chi connectivity index (χ2v) is 7.32. The third-order valence-corrected chi connectivity index (χ3v) is 4.80. The van der Waals surface area contributed by atoms with Gasteiger partial charge in [0.2, 0.25) is 12.7 Å². The first kappa shape index (κ1) is 19.0. The number of carbonyl (C=O) groups is 1. The van der Waals surface area contributed by atoms with Gasteiger partial charge in [0.15, 0.2) is 11.5 Å². The molecule has 0 saturated carbocycles. The highest BCUT2D eigenvalue weighted by molar-refractivity contribution is 5.95. The molecule has 1 amide bonds. The molecule has 0 saturated heterocycles. The Balaban J connectivity index is 1.66. The number of fused-ring (bicyclic) bond motifs is 1. The Bertz CT molecular complexity index is 1000. The topological polar surface area (TPSA) is 42.0 Å². The van der Waals surface area contributed by atoms with Crippen molar-refractivity contribution in [3.63, 3.8) is 0 Å². The van der Waals surface area contributed by atoms with Crippen molar-refractivity contribution in [2.75, 3.05) is 32.3 Å². The Morgan fingerprint density at radius 2 is 1.62 bits per heavy atom. The van der Waals surface area contributed by atoms with Crippen LogP contribution in [0.1, 0.15) is 5.56 Å². The van der Waals surface area contributed by atoms with Gasteiger partial charge in [0, 0.05) is 5.69 Å². The Morgan fingerprint density at radius 1 is 0.862 bits per heavy atom. The molecule has 0 spiro atoms. The summed E-state index contributed by atoms with van der Waals surface area (Å²) in [5.41, 5.74) is 4.07. The van der Waals surface area contributed by atoms with Gasteiger partial charge < -0.3 is 19.3 Å². The van der Waals surface area contributed by atoms with E-state index in [9.17, 15) is 4.79 Å². The van der Waals surface area contributed by atoms with Crippen LogP contribution in [-0.2, 0) is 11.3 Å². The molecule has 3 aromatic carbocycles. The smallest absolute Gasteiger partial charge is 0.241 e. The van der Waals surface area contributed by atoms with Gasteiger partial charge in [0.1, 0.15) is 0 Å². The SMILES string of the molecule is CN(C)CC(=O)N(Cc1ccc2c(c1)OCO2)c1cccc(-c2ccccc2)c1. The maximum atomic E-state index is 13.1. The van der Waals surface area contributed by atoms with Gasteiger partial charge in [-0.3, -0.25) is 4.79 Å². The summed E-state index contributed by atoms with van der Waals surface area (Å²) in [6, 6.07) is 24.1. The second kappa shape index (κ2) is 8.37. The Hall–Kier alpha value is -3.31. The highest BCUT2D eigenvalue weighted by Gasteiger charge is 2.20. The van der Waals surface area contributed by atoms with E-state index in [4.69, 9.17) is 9.47 Å². The molecule has 4 rings (SSSR count). The number of benzene rings is 3. The predicted octanol–water partition coefficient (Wildman–Crippen LogP) is 4.18. The first-order chi connectivity index (χ1) is 14.1. The van der Waals surface area contributed by atoms with Gasteiger partial charge in [0.25, 0.3) is 0 Å². The van der Waals surface area contributed by atoms with Gasteiger partial charge in [-0.15, -0.1) is 0 Å². The van der Waals surface area contributed by atoms with Gasteiger partial charge in [-0.1, -0.05) is 48.5 Å². The zero-order valence-corrected chi connectivity index (χ0v) is 16.7. The van der Waals surface area contributed by atoms with E-state index < -0.39 is 0 Å². The molecule has 1 aliphatic heterocycles. The molecule has 5 heteroatoms. The van der Waals surface area contributed by atoms with Gasteiger partial charge >= 0.3 is 0 Å². The number of nitrogens with zero attached hydrogens (tertiary/aromatic N) is 2. The maximum Gasteiger partial charge on any atom is 0.241 e. The van der Waals surface area contributed by atoms with Crippen molar-refractivity contribution < 1.29 is 14.3 Å². The van der Waals surface area contributed by atoms with Crippen molar-refractivity contribution >= 4 is 11.6 Å². The lowest BCUT2D eigenvalue weighted by molar-refractivity contribution is -0.119. The number of hydrogen-bond acceptors (Lipinski definition) is 4. The van der Waals surface area contributed by atoms with Crippen LogP contribution in [0.3, 0.4) is 0 Å². The van der Waals surface area contributed by atoms with Gasteiger partial charge in [0.05, 0.1) is 13.1 Å². The Kier molecular flexibility index (Phi) is 5.49. The zero-order valence-electron chi connectivity index (χ0n) is 16.7. The second-order valence-electron chi connectivity index (χ2n) is 7.32. The normalized spacial score (nSPS) is 12.2. The largest absolute Gasteiger partial charge is 0.454 e. The molecule has 0 aliphatic carbocycles. The predicted molar refractivity (Wildman–Crippen MR) is 114 cm³/mol. The molecule has 148 valence electrons. The van der Waals surface area contributed by atoms with Crippen LogP contribution in [0.2, 0.25) is 0 Å². The van der Waals surface area contributed by atoms with Gasteiger partial charge in [-0.2, -0.15) is 0 Å². The lowest BCUT2D eigenvalue weighted by atomic mass is 10.0. The van der Waals surface area contributed by atoms with Crippen LogP contribution >= 0.6 is 0 Å². The lowest BCUT2D eigenvalue weighted by Gasteiger charge is -2.25. The van der Waals surface area contributed by atoms with Crippen molar-refractivity contribution in [3.05, 3.63) is 78.4 Å². The summed E-state index contributed by atoms with van der Waals surface area (Å²) in [7, 11) is 3.80. The van der Waals surface area contributed by atoms with Crippen LogP contribution < -0.4 is 14.4 Å². The minimum absolute atomic E-state index is 0.0397. The van der Waals surface area contributed by atoms with Crippen LogP contribution in [0, 0.1) is 0 Å². The fourth-order valence-corrected chi connectivity index (χ4v) is 3.39. The van der Waals surface area contributed by atoms with E-state index >= 15 is 0 Å². The third kappa shape index (κ3) is 4.41. The monoisotopic (exact) mass is 388 g/mol. The van der Waals surface area contributed by atoms with Crippen molar-refractivity contribution in [2.45, 2.75) is 6.54 Å². The van der Waals surface area contributed by atoms with E-state index in [0.717, 1.165) is 33.9 Å². The number of likely N-dealkylation sites (N-methyl/N-ethyl adjacent to an activating group) is 1. The summed E-state index contributed by atoms with van der Waals surface area (Å²) in [5, 5.41) is 0. The van der Waals surface area contributed by atoms with Gasteiger partial charge in [-0.05, 0) is 55.1 Å². The maximum absolute atomic E-state index is 13.1. The van der Waals surface area contributed by atoms with Gasteiger partial charge in [-0.25, -0.2) is 0 Å². The average molecular weight is 388 g/mol. The van der Waals surface area contributed by atoms with Crippen molar-refractivity contribution in [3.8, 4) is 22.6 Å². The van der Waals surface area contributed by atoms with E-state index in [2.05, 4.69) is 24.3 Å². The number of ether oxygens (including phenoxy) is 2. The molecule has 1 heterocycles.